The third-order valence-electron chi connectivity index (χ3n) is 4.07. The quantitative estimate of drug-likeness (QED) is 0.872. The number of aryl methyl sites for hydroxylation is 1. The Labute approximate surface area is 104 Å². The third kappa shape index (κ3) is 3.09. The summed E-state index contributed by atoms with van der Waals surface area (Å²) >= 11 is 0. The van der Waals surface area contributed by atoms with Gasteiger partial charge < -0.3 is 5.11 Å². The molecule has 3 heteroatoms. The summed E-state index contributed by atoms with van der Waals surface area (Å²) in [4.78, 5) is 0. The first-order chi connectivity index (χ1) is 8.20. The predicted molar refractivity (Wildman–Crippen MR) is 68.5 cm³/mol. The molecule has 0 saturated heterocycles. The zero-order chi connectivity index (χ0) is 12.3. The second-order valence-corrected chi connectivity index (χ2v) is 5.43. The maximum absolute atomic E-state index is 10.3. The number of aliphatic hydroxyl groups excluding tert-OH is 1. The third-order valence-corrected chi connectivity index (χ3v) is 4.07. The summed E-state index contributed by atoms with van der Waals surface area (Å²) < 4.78 is 1.77. The summed E-state index contributed by atoms with van der Waals surface area (Å²) in [6.45, 7) is 2.26. The maximum atomic E-state index is 10.3. The van der Waals surface area contributed by atoms with Gasteiger partial charge in [0.05, 0.1) is 5.69 Å². The molecule has 1 heterocycles. The first kappa shape index (κ1) is 12.6. The molecule has 0 aliphatic heterocycles. The number of aliphatic hydroxyl groups is 1. The Bertz CT molecular complexity index is 340. The highest BCUT2D eigenvalue weighted by atomic mass is 16.3. The molecule has 1 atom stereocenters. The van der Waals surface area contributed by atoms with Crippen LogP contribution in [0.15, 0.2) is 12.3 Å². The highest BCUT2D eigenvalue weighted by Crippen LogP contribution is 2.37. The van der Waals surface area contributed by atoms with Gasteiger partial charge in [-0.25, -0.2) is 0 Å². The van der Waals surface area contributed by atoms with Gasteiger partial charge >= 0.3 is 0 Å². The van der Waals surface area contributed by atoms with Gasteiger partial charge in [-0.2, -0.15) is 5.10 Å². The Hall–Kier alpha value is -0.830. The van der Waals surface area contributed by atoms with Crippen molar-refractivity contribution in [3.8, 4) is 0 Å². The fourth-order valence-electron chi connectivity index (χ4n) is 3.03. The number of rotatable bonds is 4. The lowest BCUT2D eigenvalue weighted by atomic mass is 9.77. The highest BCUT2D eigenvalue weighted by molar-refractivity contribution is 5.04. The van der Waals surface area contributed by atoms with Crippen molar-refractivity contribution in [3.63, 3.8) is 0 Å². The summed E-state index contributed by atoms with van der Waals surface area (Å²) in [6.07, 6.45) is 9.06. The van der Waals surface area contributed by atoms with Gasteiger partial charge in [-0.3, -0.25) is 4.68 Å². The van der Waals surface area contributed by atoms with E-state index >= 15 is 0 Å². The van der Waals surface area contributed by atoms with Crippen molar-refractivity contribution in [1.29, 1.82) is 0 Å². The Kier molecular flexibility index (Phi) is 4.21. The largest absolute Gasteiger partial charge is 0.386 e. The van der Waals surface area contributed by atoms with Crippen LogP contribution >= 0.6 is 0 Å². The summed E-state index contributed by atoms with van der Waals surface area (Å²) in [7, 11) is 1.90. The van der Waals surface area contributed by atoms with E-state index in [0.717, 1.165) is 24.5 Å². The lowest BCUT2D eigenvalue weighted by Gasteiger charge is -2.30. The van der Waals surface area contributed by atoms with Crippen LogP contribution in [0.2, 0.25) is 0 Å². The maximum Gasteiger partial charge on any atom is 0.101 e. The summed E-state index contributed by atoms with van der Waals surface area (Å²) in [5.41, 5.74) is 0.839. The lowest BCUT2D eigenvalue weighted by Crippen LogP contribution is -2.20. The van der Waals surface area contributed by atoms with Crippen molar-refractivity contribution in [3.05, 3.63) is 18.0 Å². The molecular formula is C14H24N2O. The normalized spacial score (nSPS) is 27.0. The summed E-state index contributed by atoms with van der Waals surface area (Å²) in [6, 6.07) is 1.93. The van der Waals surface area contributed by atoms with E-state index in [4.69, 9.17) is 0 Å². The minimum absolute atomic E-state index is 0.362. The Morgan fingerprint density at radius 2 is 2.12 bits per heavy atom. The van der Waals surface area contributed by atoms with E-state index in [1.807, 2.05) is 19.3 Å². The van der Waals surface area contributed by atoms with Crippen LogP contribution < -0.4 is 0 Å². The van der Waals surface area contributed by atoms with Crippen molar-refractivity contribution in [2.45, 2.75) is 51.6 Å². The van der Waals surface area contributed by atoms with E-state index in [9.17, 15) is 5.11 Å². The second kappa shape index (κ2) is 5.67. The number of aromatic nitrogens is 2. The molecule has 1 aliphatic rings. The van der Waals surface area contributed by atoms with Gasteiger partial charge in [0, 0.05) is 13.2 Å². The van der Waals surface area contributed by atoms with Crippen molar-refractivity contribution < 1.29 is 5.11 Å². The first-order valence-electron chi connectivity index (χ1n) is 6.88. The van der Waals surface area contributed by atoms with E-state index in [-0.39, 0.29) is 6.10 Å². The molecule has 0 aromatic carbocycles. The van der Waals surface area contributed by atoms with E-state index < -0.39 is 0 Å². The molecule has 1 unspecified atom stereocenters. The molecule has 1 aromatic rings. The van der Waals surface area contributed by atoms with Crippen LogP contribution in [0, 0.1) is 11.8 Å². The SMILES string of the molecule is CCCC1CCC(C(O)c2ccn(C)n2)CC1. The highest BCUT2D eigenvalue weighted by Gasteiger charge is 2.28. The van der Waals surface area contributed by atoms with Gasteiger partial charge in [-0.05, 0) is 30.7 Å². The average molecular weight is 236 g/mol. The van der Waals surface area contributed by atoms with Gasteiger partial charge in [0.1, 0.15) is 6.10 Å². The van der Waals surface area contributed by atoms with Gasteiger partial charge in [0.25, 0.3) is 0 Å². The van der Waals surface area contributed by atoms with E-state index in [1.54, 1.807) is 4.68 Å². The Morgan fingerprint density at radius 3 is 2.65 bits per heavy atom. The first-order valence-corrected chi connectivity index (χ1v) is 6.88. The van der Waals surface area contributed by atoms with Crippen molar-refractivity contribution in [1.82, 2.24) is 9.78 Å². The molecule has 0 amide bonds. The van der Waals surface area contributed by atoms with E-state index in [0.29, 0.717) is 5.92 Å². The van der Waals surface area contributed by atoms with Crippen LogP contribution in [-0.4, -0.2) is 14.9 Å². The molecule has 2 rings (SSSR count). The second-order valence-electron chi connectivity index (χ2n) is 5.43. The van der Waals surface area contributed by atoms with E-state index in [2.05, 4.69) is 12.0 Å². The van der Waals surface area contributed by atoms with Crippen molar-refractivity contribution in [2.24, 2.45) is 18.9 Å². The zero-order valence-electron chi connectivity index (χ0n) is 11.0. The topological polar surface area (TPSA) is 38.0 Å². The van der Waals surface area contributed by atoms with Crippen LogP contribution in [0.5, 0.6) is 0 Å². The number of hydrogen-bond acceptors (Lipinski definition) is 2. The van der Waals surface area contributed by atoms with Crippen molar-refractivity contribution in [2.75, 3.05) is 0 Å². The molecule has 1 N–H and O–H groups in total. The van der Waals surface area contributed by atoms with Crippen LogP contribution in [-0.2, 0) is 7.05 Å². The smallest absolute Gasteiger partial charge is 0.101 e. The van der Waals surface area contributed by atoms with Crippen LogP contribution in [0.4, 0.5) is 0 Å². The predicted octanol–water partition coefficient (Wildman–Crippen LogP) is 3.06. The zero-order valence-corrected chi connectivity index (χ0v) is 11.0. The molecule has 1 aromatic heterocycles. The molecule has 0 spiro atoms. The van der Waals surface area contributed by atoms with Crippen LogP contribution in [0.3, 0.4) is 0 Å². The minimum atomic E-state index is -0.362. The van der Waals surface area contributed by atoms with Gasteiger partial charge in [-0.1, -0.05) is 32.6 Å². The number of nitrogens with zero attached hydrogens (tertiary/aromatic N) is 2. The molecule has 1 saturated carbocycles. The fraction of sp³-hybridized carbons (Fsp3) is 0.786. The molecule has 0 radical (unpaired) electrons. The monoisotopic (exact) mass is 236 g/mol. The van der Waals surface area contributed by atoms with Crippen molar-refractivity contribution >= 4 is 0 Å². The molecule has 96 valence electrons. The minimum Gasteiger partial charge on any atom is -0.386 e. The van der Waals surface area contributed by atoms with Gasteiger partial charge in [0.15, 0.2) is 0 Å². The Morgan fingerprint density at radius 1 is 1.41 bits per heavy atom. The van der Waals surface area contributed by atoms with Gasteiger partial charge in [-0.15, -0.1) is 0 Å². The van der Waals surface area contributed by atoms with Gasteiger partial charge in [0.2, 0.25) is 0 Å². The standard InChI is InChI=1S/C14H24N2O/c1-3-4-11-5-7-12(8-6-11)14(17)13-9-10-16(2)15-13/h9-12,14,17H,3-8H2,1-2H3. The summed E-state index contributed by atoms with van der Waals surface area (Å²) in [5.74, 6) is 1.31. The average Bonchev–Trinajstić information content (AvgIpc) is 2.76. The fourth-order valence-corrected chi connectivity index (χ4v) is 3.03. The summed E-state index contributed by atoms with van der Waals surface area (Å²) in [5, 5.41) is 14.6. The molecule has 0 bridgehead atoms. The molecule has 3 nitrogen and oxygen atoms in total. The lowest BCUT2D eigenvalue weighted by molar-refractivity contribution is 0.0684. The van der Waals surface area contributed by atoms with Crippen LogP contribution in [0.1, 0.15) is 57.2 Å². The van der Waals surface area contributed by atoms with Crippen LogP contribution in [0.25, 0.3) is 0 Å². The van der Waals surface area contributed by atoms with E-state index in [1.165, 1.54) is 25.7 Å². The molecule has 17 heavy (non-hydrogen) atoms. The molecular weight excluding hydrogens is 212 g/mol. The Balaban J connectivity index is 1.88. The molecule has 1 aliphatic carbocycles. The molecule has 1 fully saturated rings. The number of hydrogen-bond donors (Lipinski definition) is 1.